The van der Waals surface area contributed by atoms with E-state index in [0.29, 0.717) is 40.4 Å². The molecule has 5 nitrogen and oxygen atoms in total. The summed E-state index contributed by atoms with van der Waals surface area (Å²) in [5, 5.41) is 7.64. The fourth-order valence-electron chi connectivity index (χ4n) is 2.74. The van der Waals surface area contributed by atoms with E-state index in [9.17, 15) is 4.79 Å². The molecule has 2 aromatic rings. The number of aromatic nitrogens is 1. The maximum Gasteiger partial charge on any atom is 0.273 e. The molecule has 1 fully saturated rings. The number of carbonyl (C=O) groups excluding carboxylic acids is 1. The maximum atomic E-state index is 12.4. The Labute approximate surface area is 142 Å². The van der Waals surface area contributed by atoms with E-state index in [2.05, 4.69) is 10.5 Å². The van der Waals surface area contributed by atoms with E-state index in [0.717, 1.165) is 24.2 Å². The predicted molar refractivity (Wildman–Crippen MR) is 85.3 cm³/mol. The number of fused-ring (bicyclic) bond motifs is 1. The highest BCUT2D eigenvalue weighted by Gasteiger charge is 2.30. The second kappa shape index (κ2) is 5.73. The van der Waals surface area contributed by atoms with Crippen LogP contribution in [0.1, 0.15) is 53.0 Å². The number of nitrogens with zero attached hydrogens (tertiary/aromatic N) is 1. The maximum absolute atomic E-state index is 12.4. The van der Waals surface area contributed by atoms with E-state index in [1.807, 2.05) is 6.07 Å². The molecule has 2 aliphatic rings. The molecule has 1 aromatic heterocycles. The van der Waals surface area contributed by atoms with Crippen LogP contribution in [0.15, 0.2) is 22.7 Å². The fourth-order valence-corrected chi connectivity index (χ4v) is 3.12. The van der Waals surface area contributed by atoms with E-state index in [1.54, 1.807) is 12.1 Å². The lowest BCUT2D eigenvalue weighted by Crippen LogP contribution is -2.32. The highest BCUT2D eigenvalue weighted by molar-refractivity contribution is 6.43. The van der Waals surface area contributed by atoms with Crippen LogP contribution in [-0.4, -0.2) is 17.7 Å². The summed E-state index contributed by atoms with van der Waals surface area (Å²) in [7, 11) is 0. The summed E-state index contributed by atoms with van der Waals surface area (Å²) in [6.45, 7) is 0.462. The van der Waals surface area contributed by atoms with Crippen molar-refractivity contribution in [2.24, 2.45) is 0 Å². The van der Waals surface area contributed by atoms with Crippen LogP contribution in [0.4, 0.5) is 0 Å². The van der Waals surface area contributed by atoms with E-state index >= 15 is 0 Å². The van der Waals surface area contributed by atoms with Crippen LogP contribution in [0.25, 0.3) is 0 Å². The van der Waals surface area contributed by atoms with Crippen molar-refractivity contribution < 1.29 is 14.1 Å². The summed E-state index contributed by atoms with van der Waals surface area (Å²) in [6.07, 6.45) is 2.86. The fraction of sp³-hybridized carbons (Fsp3) is 0.375. The van der Waals surface area contributed by atoms with Gasteiger partial charge in [0.1, 0.15) is 16.5 Å². The van der Waals surface area contributed by atoms with Crippen molar-refractivity contribution >= 4 is 29.1 Å². The molecule has 1 N–H and O–H groups in total. The molecule has 0 saturated heterocycles. The number of hydrogen-bond donors (Lipinski definition) is 1. The van der Waals surface area contributed by atoms with Crippen molar-refractivity contribution in [2.75, 3.05) is 6.61 Å². The summed E-state index contributed by atoms with van der Waals surface area (Å²) in [4.78, 5) is 12.4. The van der Waals surface area contributed by atoms with Crippen LogP contribution in [-0.2, 0) is 0 Å². The second-order valence-electron chi connectivity index (χ2n) is 5.83. The van der Waals surface area contributed by atoms with Gasteiger partial charge in [0.25, 0.3) is 5.91 Å². The monoisotopic (exact) mass is 352 g/mol. The topological polar surface area (TPSA) is 64.4 Å². The number of benzene rings is 1. The zero-order valence-corrected chi connectivity index (χ0v) is 13.7. The average Bonchev–Trinajstić information content (AvgIpc) is 3.28. The molecule has 0 bridgehead atoms. The highest BCUT2D eigenvalue weighted by Crippen LogP contribution is 2.42. The number of ether oxygens (including phenoxy) is 1. The van der Waals surface area contributed by atoms with Gasteiger partial charge in [0, 0.05) is 24.0 Å². The molecule has 1 saturated carbocycles. The number of amides is 1. The summed E-state index contributed by atoms with van der Waals surface area (Å²) in [5.41, 5.74) is 1.13. The van der Waals surface area contributed by atoms with E-state index < -0.39 is 0 Å². The molecule has 7 heteroatoms. The van der Waals surface area contributed by atoms with Gasteiger partial charge in [0.2, 0.25) is 0 Å². The van der Waals surface area contributed by atoms with E-state index in [4.69, 9.17) is 32.5 Å². The molecule has 1 aliphatic carbocycles. The second-order valence-corrected chi connectivity index (χ2v) is 6.62. The van der Waals surface area contributed by atoms with Gasteiger partial charge in [-0.15, -0.1) is 0 Å². The molecule has 0 spiro atoms. The third-order valence-corrected chi connectivity index (χ3v) is 4.94. The Morgan fingerprint density at radius 2 is 2.09 bits per heavy atom. The minimum absolute atomic E-state index is 0.193. The Kier molecular flexibility index (Phi) is 3.70. The average molecular weight is 353 g/mol. The van der Waals surface area contributed by atoms with Crippen LogP contribution >= 0.6 is 23.2 Å². The summed E-state index contributed by atoms with van der Waals surface area (Å²) in [5.74, 6) is 1.49. The van der Waals surface area contributed by atoms with Crippen molar-refractivity contribution in [1.29, 1.82) is 0 Å². The lowest BCUT2D eigenvalue weighted by Gasteiger charge is -2.27. The van der Waals surface area contributed by atoms with E-state index in [-0.39, 0.29) is 11.9 Å². The lowest BCUT2D eigenvalue weighted by atomic mass is 10.0. The van der Waals surface area contributed by atoms with Crippen molar-refractivity contribution in [3.63, 3.8) is 0 Å². The zero-order valence-electron chi connectivity index (χ0n) is 12.1. The number of halogens is 2. The van der Waals surface area contributed by atoms with Crippen molar-refractivity contribution in [3.8, 4) is 5.75 Å². The molecule has 120 valence electrons. The highest BCUT2D eigenvalue weighted by atomic mass is 35.5. The minimum Gasteiger partial charge on any atom is -0.492 e. The molecule has 0 radical (unpaired) electrons. The van der Waals surface area contributed by atoms with Gasteiger partial charge in [-0.2, -0.15) is 0 Å². The van der Waals surface area contributed by atoms with Crippen molar-refractivity contribution in [3.05, 3.63) is 45.3 Å². The minimum atomic E-state index is -0.260. The first-order valence-electron chi connectivity index (χ1n) is 7.51. The van der Waals surface area contributed by atoms with Gasteiger partial charge in [0.15, 0.2) is 5.69 Å². The van der Waals surface area contributed by atoms with Crippen molar-refractivity contribution in [1.82, 2.24) is 10.5 Å². The number of nitrogens with one attached hydrogen (secondary N) is 1. The SMILES string of the molecule is O=C(N[C@@H]1CCOc2c1ccc(Cl)c2Cl)c1cc(C2CC2)on1. The first-order valence-corrected chi connectivity index (χ1v) is 8.27. The molecule has 0 unspecified atom stereocenters. The zero-order chi connectivity index (χ0) is 16.0. The van der Waals surface area contributed by atoms with Gasteiger partial charge < -0.3 is 14.6 Å². The van der Waals surface area contributed by atoms with Crippen LogP contribution in [0.2, 0.25) is 10.0 Å². The summed E-state index contributed by atoms with van der Waals surface area (Å²) >= 11 is 12.2. The van der Waals surface area contributed by atoms with Crippen LogP contribution in [0, 0.1) is 0 Å². The van der Waals surface area contributed by atoms with E-state index in [1.165, 1.54) is 0 Å². The Hall–Kier alpha value is -1.72. The normalized spacial score (nSPS) is 19.8. The summed E-state index contributed by atoms with van der Waals surface area (Å²) in [6, 6.07) is 5.06. The van der Waals surface area contributed by atoms with Gasteiger partial charge in [-0.05, 0) is 18.9 Å². The third-order valence-electron chi connectivity index (χ3n) is 4.15. The molecule has 2 heterocycles. The molecule has 1 aliphatic heterocycles. The molecular formula is C16H14Cl2N2O3. The van der Waals surface area contributed by atoms with Gasteiger partial charge in [-0.3, -0.25) is 4.79 Å². The van der Waals surface area contributed by atoms with Gasteiger partial charge in [0.05, 0.1) is 17.7 Å². The Morgan fingerprint density at radius 1 is 1.26 bits per heavy atom. The Morgan fingerprint density at radius 3 is 2.87 bits per heavy atom. The number of hydrogen-bond acceptors (Lipinski definition) is 4. The molecule has 1 aromatic carbocycles. The first kappa shape index (κ1) is 14.8. The quantitative estimate of drug-likeness (QED) is 0.902. The standard InChI is InChI=1S/C16H14Cl2N2O3/c17-10-4-3-9-11(5-6-22-15(9)14(10)18)19-16(21)12-7-13(23-20-12)8-1-2-8/h3-4,7-8,11H,1-2,5-6H2,(H,19,21)/t11-/m1/s1. The molecule has 23 heavy (non-hydrogen) atoms. The third kappa shape index (κ3) is 2.79. The van der Waals surface area contributed by atoms with Crippen molar-refractivity contribution in [2.45, 2.75) is 31.2 Å². The van der Waals surface area contributed by atoms with Gasteiger partial charge in [-0.1, -0.05) is 34.4 Å². The smallest absolute Gasteiger partial charge is 0.273 e. The molecule has 1 atom stereocenters. The predicted octanol–water partition coefficient (Wildman–Crippen LogP) is 4.11. The lowest BCUT2D eigenvalue weighted by molar-refractivity contribution is 0.0915. The number of carbonyl (C=O) groups is 1. The van der Waals surface area contributed by atoms with Crippen LogP contribution in [0.3, 0.4) is 0 Å². The molecule has 1 amide bonds. The first-order chi connectivity index (χ1) is 11.1. The molecule has 4 rings (SSSR count). The summed E-state index contributed by atoms with van der Waals surface area (Å²) < 4.78 is 10.8. The van der Waals surface area contributed by atoms with Gasteiger partial charge >= 0.3 is 0 Å². The largest absolute Gasteiger partial charge is 0.492 e. The van der Waals surface area contributed by atoms with Crippen LogP contribution in [0.5, 0.6) is 5.75 Å². The Bertz CT molecular complexity index is 771. The van der Waals surface area contributed by atoms with Crippen LogP contribution < -0.4 is 10.1 Å². The molecular weight excluding hydrogens is 339 g/mol. The Balaban J connectivity index is 1.55. The van der Waals surface area contributed by atoms with Gasteiger partial charge in [-0.25, -0.2) is 0 Å². The number of rotatable bonds is 3.